The molecule has 23 heavy (non-hydrogen) atoms. The number of carbonyl (C=O) groups is 1. The van der Waals surface area contributed by atoms with Crippen LogP contribution in [0.2, 0.25) is 0 Å². The van der Waals surface area contributed by atoms with Gasteiger partial charge in [0.25, 0.3) is 5.91 Å². The quantitative estimate of drug-likeness (QED) is 0.501. The second-order valence-corrected chi connectivity index (χ2v) is 5.56. The molecule has 2 heterocycles. The number of amides is 1. The number of rotatable bonds is 4. The van der Waals surface area contributed by atoms with Crippen molar-refractivity contribution in [2.24, 2.45) is 0 Å². The maximum Gasteiger partial charge on any atom is 0.277 e. The Kier molecular flexibility index (Phi) is 4.50. The van der Waals surface area contributed by atoms with Gasteiger partial charge in [-0.1, -0.05) is 30.3 Å². The number of carbonyl (C=O) groups excluding carboxylic acids is 1. The van der Waals surface area contributed by atoms with Crippen LogP contribution in [0.5, 0.6) is 0 Å². The number of piperidine rings is 1. The molecular formula is C16H19N5O2. The fraction of sp³-hybridized carbons (Fsp3) is 0.312. The molecule has 0 radical (unpaired) electrons. The van der Waals surface area contributed by atoms with E-state index < -0.39 is 5.91 Å². The first-order valence-electron chi connectivity index (χ1n) is 7.54. The second-order valence-electron chi connectivity index (χ2n) is 5.56. The zero-order valence-electron chi connectivity index (χ0n) is 12.6. The lowest BCUT2D eigenvalue weighted by Gasteiger charge is -2.39. The van der Waals surface area contributed by atoms with Crippen LogP contribution in [0.1, 0.15) is 28.8 Å². The van der Waals surface area contributed by atoms with E-state index in [4.69, 9.17) is 5.21 Å². The Morgan fingerprint density at radius 1 is 1.13 bits per heavy atom. The molecule has 1 amide bonds. The summed E-state index contributed by atoms with van der Waals surface area (Å²) in [5.74, 6) is -0.165. The predicted molar refractivity (Wildman–Crippen MR) is 85.1 cm³/mol. The van der Waals surface area contributed by atoms with Gasteiger partial charge in [-0.25, -0.2) is 15.4 Å². The summed E-state index contributed by atoms with van der Waals surface area (Å²) in [7, 11) is 0. The molecule has 120 valence electrons. The molecule has 7 heteroatoms. The number of hydrogen-bond acceptors (Lipinski definition) is 6. The molecule has 4 N–H and O–H groups in total. The monoisotopic (exact) mass is 313 g/mol. The number of nitrogens with one attached hydrogen (secondary N) is 3. The van der Waals surface area contributed by atoms with Gasteiger partial charge in [-0.05, 0) is 31.5 Å². The smallest absolute Gasteiger partial charge is 0.277 e. The summed E-state index contributed by atoms with van der Waals surface area (Å²) >= 11 is 0. The maximum absolute atomic E-state index is 11.3. The van der Waals surface area contributed by atoms with Gasteiger partial charge < -0.3 is 10.6 Å². The number of aromatic nitrogens is 2. The molecule has 1 aromatic heterocycles. The Balaban J connectivity index is 1.86. The van der Waals surface area contributed by atoms with E-state index in [9.17, 15) is 4.79 Å². The van der Waals surface area contributed by atoms with E-state index in [1.165, 1.54) is 18.0 Å². The number of benzene rings is 1. The lowest BCUT2D eigenvalue weighted by molar-refractivity contribution is 0.0705. The van der Waals surface area contributed by atoms with Crippen LogP contribution in [0.3, 0.4) is 0 Å². The number of hydroxylamine groups is 1. The molecule has 2 aromatic rings. The standard InChI is InChI=1S/C16H19N5O2/c22-14(21-23)12-10-18-15(19-11-12)20-16(6-8-17-9-7-16)13-4-2-1-3-5-13/h1-5,10-11,17,23H,6-9H2,(H,21,22)(H,18,19,20). The van der Waals surface area contributed by atoms with Gasteiger partial charge in [0.2, 0.25) is 5.95 Å². The molecule has 0 saturated carbocycles. The van der Waals surface area contributed by atoms with Crippen molar-refractivity contribution in [2.75, 3.05) is 18.4 Å². The molecule has 0 aliphatic carbocycles. The maximum atomic E-state index is 11.3. The molecule has 3 rings (SSSR count). The third-order valence-electron chi connectivity index (χ3n) is 4.15. The lowest BCUT2D eigenvalue weighted by Crippen LogP contribution is -2.45. The highest BCUT2D eigenvalue weighted by atomic mass is 16.5. The minimum Gasteiger partial charge on any atom is -0.345 e. The fourth-order valence-electron chi connectivity index (χ4n) is 2.88. The molecular weight excluding hydrogens is 294 g/mol. The zero-order valence-corrected chi connectivity index (χ0v) is 12.6. The van der Waals surface area contributed by atoms with Crippen LogP contribution in [-0.4, -0.2) is 34.2 Å². The van der Waals surface area contributed by atoms with Crippen molar-refractivity contribution in [1.29, 1.82) is 0 Å². The predicted octanol–water partition coefficient (Wildman–Crippen LogP) is 1.29. The molecule has 0 bridgehead atoms. The highest BCUT2D eigenvalue weighted by Crippen LogP contribution is 2.33. The van der Waals surface area contributed by atoms with Crippen LogP contribution in [-0.2, 0) is 5.54 Å². The summed E-state index contributed by atoms with van der Waals surface area (Å²) in [5, 5.41) is 15.4. The zero-order chi connectivity index (χ0) is 16.1. The average molecular weight is 313 g/mol. The van der Waals surface area contributed by atoms with Gasteiger partial charge in [-0.2, -0.15) is 0 Å². The highest BCUT2D eigenvalue weighted by Gasteiger charge is 2.34. The SMILES string of the molecule is O=C(NO)c1cnc(NC2(c3ccccc3)CCNCC2)nc1. The Hall–Kier alpha value is -2.51. The summed E-state index contributed by atoms with van der Waals surface area (Å²) in [6.45, 7) is 1.82. The fourth-order valence-corrected chi connectivity index (χ4v) is 2.88. The highest BCUT2D eigenvalue weighted by molar-refractivity contribution is 5.92. The third kappa shape index (κ3) is 3.30. The van der Waals surface area contributed by atoms with E-state index in [-0.39, 0.29) is 11.1 Å². The van der Waals surface area contributed by atoms with E-state index >= 15 is 0 Å². The van der Waals surface area contributed by atoms with Crippen molar-refractivity contribution >= 4 is 11.9 Å². The Morgan fingerprint density at radius 3 is 2.39 bits per heavy atom. The summed E-state index contributed by atoms with van der Waals surface area (Å²) < 4.78 is 0. The van der Waals surface area contributed by atoms with Gasteiger partial charge in [-0.15, -0.1) is 0 Å². The van der Waals surface area contributed by atoms with E-state index in [1.54, 1.807) is 5.48 Å². The van der Waals surface area contributed by atoms with Crippen molar-refractivity contribution in [3.63, 3.8) is 0 Å². The van der Waals surface area contributed by atoms with Crippen molar-refractivity contribution in [2.45, 2.75) is 18.4 Å². The van der Waals surface area contributed by atoms with Crippen LogP contribution < -0.4 is 16.1 Å². The van der Waals surface area contributed by atoms with Gasteiger partial charge in [0.05, 0.1) is 11.1 Å². The van der Waals surface area contributed by atoms with Crippen molar-refractivity contribution in [3.8, 4) is 0 Å². The summed E-state index contributed by atoms with van der Waals surface area (Å²) in [5.41, 5.74) is 2.74. The van der Waals surface area contributed by atoms with Crippen LogP contribution >= 0.6 is 0 Å². The Morgan fingerprint density at radius 2 is 1.78 bits per heavy atom. The van der Waals surface area contributed by atoms with E-state index in [0.29, 0.717) is 5.95 Å². The van der Waals surface area contributed by atoms with Crippen LogP contribution in [0.4, 0.5) is 5.95 Å². The molecule has 1 saturated heterocycles. The van der Waals surface area contributed by atoms with Gasteiger partial charge in [0.15, 0.2) is 0 Å². The molecule has 0 unspecified atom stereocenters. The van der Waals surface area contributed by atoms with Crippen LogP contribution in [0.25, 0.3) is 0 Å². The first-order valence-corrected chi connectivity index (χ1v) is 7.54. The molecule has 1 fully saturated rings. The summed E-state index contributed by atoms with van der Waals surface area (Å²) in [4.78, 5) is 19.7. The van der Waals surface area contributed by atoms with Crippen molar-refractivity contribution < 1.29 is 10.0 Å². The minimum absolute atomic E-state index is 0.206. The van der Waals surface area contributed by atoms with E-state index in [1.807, 2.05) is 18.2 Å². The van der Waals surface area contributed by atoms with Crippen molar-refractivity contribution in [3.05, 3.63) is 53.9 Å². The third-order valence-corrected chi connectivity index (χ3v) is 4.15. The van der Waals surface area contributed by atoms with Crippen molar-refractivity contribution in [1.82, 2.24) is 20.8 Å². The molecule has 1 aliphatic heterocycles. The molecule has 1 aliphatic rings. The topological polar surface area (TPSA) is 99.2 Å². The van der Waals surface area contributed by atoms with Crippen LogP contribution in [0, 0.1) is 0 Å². The van der Waals surface area contributed by atoms with E-state index in [0.717, 1.165) is 25.9 Å². The first kappa shape index (κ1) is 15.4. The molecule has 1 aromatic carbocycles. The van der Waals surface area contributed by atoms with Gasteiger partial charge in [0.1, 0.15) is 0 Å². The number of nitrogens with zero attached hydrogens (tertiary/aromatic N) is 2. The molecule has 7 nitrogen and oxygen atoms in total. The Labute approximate surface area is 134 Å². The summed E-state index contributed by atoms with van der Waals surface area (Å²) in [6, 6.07) is 10.3. The number of hydrogen-bond donors (Lipinski definition) is 4. The molecule has 0 spiro atoms. The average Bonchev–Trinajstić information content (AvgIpc) is 2.63. The van der Waals surface area contributed by atoms with Gasteiger partial charge in [0, 0.05) is 12.4 Å². The normalized spacial score (nSPS) is 16.6. The van der Waals surface area contributed by atoms with Gasteiger partial charge in [-0.3, -0.25) is 10.0 Å². The van der Waals surface area contributed by atoms with Crippen LogP contribution in [0.15, 0.2) is 42.7 Å². The number of anilines is 1. The largest absolute Gasteiger partial charge is 0.345 e. The van der Waals surface area contributed by atoms with Gasteiger partial charge >= 0.3 is 0 Å². The van der Waals surface area contributed by atoms with E-state index in [2.05, 4.69) is 32.7 Å². The minimum atomic E-state index is -0.629. The second kappa shape index (κ2) is 6.72. The Bertz CT molecular complexity index is 654. The molecule has 0 atom stereocenters. The first-order chi connectivity index (χ1) is 11.2. The lowest BCUT2D eigenvalue weighted by atomic mass is 9.81. The summed E-state index contributed by atoms with van der Waals surface area (Å²) in [6.07, 6.45) is 4.61.